The van der Waals surface area contributed by atoms with Gasteiger partial charge in [-0.3, -0.25) is 19.2 Å². The molecule has 10 nitrogen and oxygen atoms in total. The molecule has 0 aromatic carbocycles. The number of carbonyl (C=O) groups is 2. The normalized spacial score (nSPS) is 10.4. The molecule has 27 heavy (non-hydrogen) atoms. The van der Waals surface area contributed by atoms with Gasteiger partial charge in [-0.15, -0.1) is 9.46 Å². The van der Waals surface area contributed by atoms with Gasteiger partial charge < -0.3 is 21.0 Å². The molecule has 0 fully saturated rings. The Kier molecular flexibility index (Phi) is 6.75. The first kappa shape index (κ1) is 19.8. The van der Waals surface area contributed by atoms with Crippen molar-refractivity contribution < 1.29 is 20.0 Å². The fraction of sp³-hybridized carbons (Fsp3) is 0.294. The lowest BCUT2D eigenvalue weighted by molar-refractivity contribution is 0.0884. The van der Waals surface area contributed by atoms with Crippen LogP contribution in [0.2, 0.25) is 0 Å². The van der Waals surface area contributed by atoms with E-state index < -0.39 is 22.9 Å². The average Bonchev–Trinajstić information content (AvgIpc) is 2.65. The number of hydrogen-bond acceptors (Lipinski definition) is 6. The van der Waals surface area contributed by atoms with E-state index in [9.17, 15) is 29.6 Å². The van der Waals surface area contributed by atoms with Gasteiger partial charge in [0.2, 0.25) is 0 Å². The van der Waals surface area contributed by atoms with E-state index >= 15 is 0 Å². The van der Waals surface area contributed by atoms with Crippen molar-refractivity contribution >= 4 is 11.8 Å². The third-order valence-corrected chi connectivity index (χ3v) is 3.75. The summed E-state index contributed by atoms with van der Waals surface area (Å²) in [5.41, 5.74) is -1.67. The number of nitrogens with one attached hydrogen (secondary N) is 2. The van der Waals surface area contributed by atoms with E-state index in [1.165, 1.54) is 24.3 Å². The summed E-state index contributed by atoms with van der Waals surface area (Å²) in [5.74, 6) is -1.12. The fourth-order valence-corrected chi connectivity index (χ4v) is 2.32. The van der Waals surface area contributed by atoms with Gasteiger partial charge in [-0.2, -0.15) is 0 Å². The number of nitrogens with zero attached hydrogens (tertiary/aromatic N) is 2. The first-order valence-electron chi connectivity index (χ1n) is 8.31. The Hall–Kier alpha value is -3.56. The lowest BCUT2D eigenvalue weighted by Crippen LogP contribution is -2.32. The van der Waals surface area contributed by atoms with E-state index in [4.69, 9.17) is 0 Å². The molecule has 2 rings (SSSR count). The van der Waals surface area contributed by atoms with Crippen LogP contribution in [0.1, 0.15) is 40.2 Å². The number of unbranched alkanes of at least 4 members (excludes halogenated alkanes) is 2. The summed E-state index contributed by atoms with van der Waals surface area (Å²) >= 11 is 0. The minimum atomic E-state index is -0.690. The maximum absolute atomic E-state index is 11.9. The monoisotopic (exact) mass is 376 g/mol. The Bertz CT molecular complexity index is 858. The molecule has 0 aliphatic heterocycles. The summed E-state index contributed by atoms with van der Waals surface area (Å²) in [7, 11) is 0. The molecule has 0 aliphatic rings. The van der Waals surface area contributed by atoms with E-state index in [1.807, 2.05) is 0 Å². The summed E-state index contributed by atoms with van der Waals surface area (Å²) < 4.78 is 0.574. The van der Waals surface area contributed by atoms with Crippen LogP contribution in [0.15, 0.2) is 46.0 Å². The third-order valence-electron chi connectivity index (χ3n) is 3.75. The number of rotatable bonds is 8. The molecule has 0 radical (unpaired) electrons. The van der Waals surface area contributed by atoms with Gasteiger partial charge in [0.05, 0.1) is 0 Å². The van der Waals surface area contributed by atoms with E-state index in [0.29, 0.717) is 32.4 Å². The van der Waals surface area contributed by atoms with Crippen LogP contribution in [0.25, 0.3) is 0 Å². The van der Waals surface area contributed by atoms with Crippen molar-refractivity contribution in [2.75, 3.05) is 13.1 Å². The van der Waals surface area contributed by atoms with Crippen LogP contribution in [-0.4, -0.2) is 44.8 Å². The van der Waals surface area contributed by atoms with Gasteiger partial charge in [-0.05, 0) is 31.4 Å². The zero-order chi connectivity index (χ0) is 19.8. The Balaban J connectivity index is 1.66. The Morgan fingerprint density at radius 2 is 1.15 bits per heavy atom. The summed E-state index contributed by atoms with van der Waals surface area (Å²) in [6.45, 7) is 0.676. The molecule has 2 heterocycles. The van der Waals surface area contributed by atoms with Crippen molar-refractivity contribution in [3.8, 4) is 0 Å². The molecule has 0 atom stereocenters. The van der Waals surface area contributed by atoms with Crippen molar-refractivity contribution in [2.45, 2.75) is 19.3 Å². The Morgan fingerprint density at radius 3 is 1.56 bits per heavy atom. The minimum Gasteiger partial charge on any atom is -0.425 e. The maximum Gasteiger partial charge on any atom is 0.283 e. The fourth-order valence-electron chi connectivity index (χ4n) is 2.32. The molecule has 0 bridgehead atoms. The summed E-state index contributed by atoms with van der Waals surface area (Å²) in [6, 6.07) is 7.69. The van der Waals surface area contributed by atoms with E-state index in [1.54, 1.807) is 0 Å². The van der Waals surface area contributed by atoms with Crippen molar-refractivity contribution in [2.24, 2.45) is 0 Å². The van der Waals surface area contributed by atoms with Crippen LogP contribution in [0.5, 0.6) is 0 Å². The first-order valence-corrected chi connectivity index (χ1v) is 8.31. The second-order valence-corrected chi connectivity index (χ2v) is 5.69. The number of aromatic nitrogens is 2. The number of carbonyl (C=O) groups excluding carboxylic acids is 2. The van der Waals surface area contributed by atoms with Gasteiger partial charge in [0, 0.05) is 25.2 Å². The number of amides is 2. The van der Waals surface area contributed by atoms with Crippen molar-refractivity contribution in [3.05, 3.63) is 68.5 Å². The zero-order valence-corrected chi connectivity index (χ0v) is 14.4. The molecule has 0 saturated heterocycles. The second kappa shape index (κ2) is 9.22. The van der Waals surface area contributed by atoms with Gasteiger partial charge >= 0.3 is 0 Å². The molecular weight excluding hydrogens is 356 g/mol. The smallest absolute Gasteiger partial charge is 0.283 e. The standard InChI is InChI=1S/C17H20N4O6/c22-14-8-4-6-12(20(14)26)16(24)18-10-2-1-3-11-19-17(25)13-7-5-9-15(23)21(13)27/h4-9,26-27H,1-3,10-11H2,(H,18,24)(H,19,25). The second-order valence-electron chi connectivity index (χ2n) is 5.69. The summed E-state index contributed by atoms with van der Waals surface area (Å²) in [5, 5.41) is 24.2. The quantitative estimate of drug-likeness (QED) is 0.372. The Labute approximate surface area is 153 Å². The molecule has 0 aliphatic carbocycles. The molecule has 2 amide bonds. The van der Waals surface area contributed by atoms with Gasteiger partial charge in [0.25, 0.3) is 22.9 Å². The highest BCUT2D eigenvalue weighted by atomic mass is 16.5. The van der Waals surface area contributed by atoms with Gasteiger partial charge in [0.15, 0.2) is 0 Å². The average molecular weight is 376 g/mol. The van der Waals surface area contributed by atoms with Crippen LogP contribution in [-0.2, 0) is 0 Å². The molecule has 0 spiro atoms. The Morgan fingerprint density at radius 1 is 0.741 bits per heavy atom. The lowest BCUT2D eigenvalue weighted by atomic mass is 10.2. The third kappa shape index (κ3) is 5.21. The number of hydrogen-bond donors (Lipinski definition) is 4. The molecular formula is C17H20N4O6. The summed E-state index contributed by atoms with van der Waals surface area (Å²) in [4.78, 5) is 46.3. The molecule has 144 valence electrons. The minimum absolute atomic E-state index is 0.146. The van der Waals surface area contributed by atoms with E-state index in [0.717, 1.165) is 12.1 Å². The zero-order valence-electron chi connectivity index (χ0n) is 14.4. The van der Waals surface area contributed by atoms with E-state index in [-0.39, 0.29) is 20.8 Å². The molecule has 4 N–H and O–H groups in total. The van der Waals surface area contributed by atoms with Crippen molar-refractivity contribution in [1.29, 1.82) is 0 Å². The largest absolute Gasteiger partial charge is 0.425 e. The molecule has 2 aromatic heterocycles. The van der Waals surface area contributed by atoms with Crippen LogP contribution in [0.3, 0.4) is 0 Å². The van der Waals surface area contributed by atoms with Gasteiger partial charge in [0.1, 0.15) is 11.4 Å². The van der Waals surface area contributed by atoms with E-state index in [2.05, 4.69) is 10.6 Å². The molecule has 10 heteroatoms. The van der Waals surface area contributed by atoms with Crippen molar-refractivity contribution in [3.63, 3.8) is 0 Å². The van der Waals surface area contributed by atoms with Crippen LogP contribution >= 0.6 is 0 Å². The predicted octanol–water partition coefficient (Wildman–Crippen LogP) is -0.185. The van der Waals surface area contributed by atoms with Crippen molar-refractivity contribution in [1.82, 2.24) is 20.1 Å². The molecule has 0 unspecified atom stereocenters. The van der Waals surface area contributed by atoms with Crippen LogP contribution in [0, 0.1) is 0 Å². The first-order chi connectivity index (χ1) is 12.9. The highest BCUT2D eigenvalue weighted by molar-refractivity contribution is 5.92. The predicted molar refractivity (Wildman–Crippen MR) is 94.3 cm³/mol. The molecule has 0 saturated carbocycles. The SMILES string of the molecule is O=C(NCCCCCNC(=O)c1cccc(=O)n1O)c1cccc(=O)n1O. The van der Waals surface area contributed by atoms with Gasteiger partial charge in [-0.25, -0.2) is 0 Å². The summed E-state index contributed by atoms with van der Waals surface area (Å²) in [6.07, 6.45) is 1.95. The highest BCUT2D eigenvalue weighted by Gasteiger charge is 2.12. The lowest BCUT2D eigenvalue weighted by Gasteiger charge is -2.08. The number of pyridine rings is 2. The van der Waals surface area contributed by atoms with Crippen LogP contribution < -0.4 is 21.8 Å². The highest BCUT2D eigenvalue weighted by Crippen LogP contribution is 1.98. The van der Waals surface area contributed by atoms with Gasteiger partial charge in [-0.1, -0.05) is 12.1 Å². The molecule has 2 aromatic rings. The van der Waals surface area contributed by atoms with Crippen LogP contribution in [0.4, 0.5) is 0 Å². The maximum atomic E-state index is 11.9. The topological polar surface area (TPSA) is 143 Å².